The summed E-state index contributed by atoms with van der Waals surface area (Å²) in [5.74, 6) is -2.51. The molecule has 0 unspecified atom stereocenters. The molecular formula is C48H50Cl2F2N6O8S2. The topological polar surface area (TPSA) is 224 Å². The molecule has 20 heteroatoms. The van der Waals surface area contributed by atoms with Gasteiger partial charge in [0.25, 0.3) is 20.9 Å². The molecule has 0 radical (unpaired) electrons. The van der Waals surface area contributed by atoms with Crippen LogP contribution in [-0.4, -0.2) is 75.4 Å². The maximum absolute atomic E-state index is 13.2. The molecule has 0 bridgehead atoms. The second kappa shape index (κ2) is 27.5. The van der Waals surface area contributed by atoms with E-state index in [1.807, 2.05) is 6.92 Å². The number of nitrogens with one attached hydrogen (secondary N) is 3. The smallest absolute Gasteiger partial charge is 0.261 e. The van der Waals surface area contributed by atoms with Crippen molar-refractivity contribution in [2.75, 3.05) is 13.1 Å². The number of halogens is 4. The van der Waals surface area contributed by atoms with Gasteiger partial charge in [-0.2, -0.15) is 0 Å². The van der Waals surface area contributed by atoms with Gasteiger partial charge in [0.15, 0.2) is 11.6 Å². The summed E-state index contributed by atoms with van der Waals surface area (Å²) < 4.78 is 75.7. The Balaban J connectivity index is 0.000000336. The van der Waals surface area contributed by atoms with E-state index in [1.165, 1.54) is 72.8 Å². The van der Waals surface area contributed by atoms with Crippen molar-refractivity contribution in [3.63, 3.8) is 0 Å². The molecule has 0 fully saturated rings. The van der Waals surface area contributed by atoms with Crippen molar-refractivity contribution in [2.24, 2.45) is 5.73 Å². The number of rotatable bonds is 18. The highest BCUT2D eigenvalue weighted by Gasteiger charge is 2.25. The van der Waals surface area contributed by atoms with Crippen molar-refractivity contribution in [1.29, 1.82) is 0 Å². The molecule has 6 rings (SSSR count). The van der Waals surface area contributed by atoms with Gasteiger partial charge in [-0.1, -0.05) is 50.2 Å². The minimum atomic E-state index is -3.86. The lowest BCUT2D eigenvalue weighted by Gasteiger charge is -2.18. The first kappa shape index (κ1) is 56.0. The Labute approximate surface area is 405 Å². The minimum Gasteiger partial charge on any atom is -0.342 e. The number of hydrogen-bond acceptors (Lipinski definition) is 11. The van der Waals surface area contributed by atoms with Gasteiger partial charge in [0.2, 0.25) is 10.0 Å². The van der Waals surface area contributed by atoms with Crippen LogP contribution in [0.1, 0.15) is 57.1 Å². The van der Waals surface area contributed by atoms with E-state index in [4.69, 9.17) is 16.4 Å². The van der Waals surface area contributed by atoms with Crippen LogP contribution < -0.4 is 21.1 Å². The number of Topliss-reactive ketones (excluding diaryl/α,β-unsaturated/α-hetero) is 2. The van der Waals surface area contributed by atoms with Crippen LogP contribution in [0.5, 0.6) is 0 Å². The van der Waals surface area contributed by atoms with Crippen LogP contribution in [0.3, 0.4) is 0 Å². The van der Waals surface area contributed by atoms with E-state index in [-0.39, 0.29) is 77.1 Å². The van der Waals surface area contributed by atoms with Crippen molar-refractivity contribution in [3.8, 4) is 0 Å². The number of nitrogens with two attached hydrogens (primary N) is 1. The Morgan fingerprint density at radius 2 is 0.956 bits per heavy atom. The number of carbonyl (C=O) groups is 4. The number of benzene rings is 4. The molecule has 0 saturated heterocycles. The third-order valence-corrected chi connectivity index (χ3v) is 12.3. The molecule has 14 nitrogen and oxygen atoms in total. The Morgan fingerprint density at radius 1 is 0.588 bits per heavy atom. The van der Waals surface area contributed by atoms with E-state index in [2.05, 4.69) is 25.3 Å². The predicted octanol–water partition coefficient (Wildman–Crippen LogP) is 6.36. The minimum absolute atomic E-state index is 0. The van der Waals surface area contributed by atoms with Crippen molar-refractivity contribution in [3.05, 3.63) is 191 Å². The van der Waals surface area contributed by atoms with Crippen LogP contribution in [0, 0.1) is 11.6 Å². The zero-order valence-corrected chi connectivity index (χ0v) is 40.1. The van der Waals surface area contributed by atoms with E-state index in [1.54, 1.807) is 67.8 Å². The van der Waals surface area contributed by atoms with Crippen LogP contribution in [-0.2, 0) is 54.3 Å². The molecular weight excluding hydrogens is 962 g/mol. The quantitative estimate of drug-likeness (QED) is 0.0694. The molecule has 68 heavy (non-hydrogen) atoms. The van der Waals surface area contributed by atoms with Gasteiger partial charge in [-0.3, -0.25) is 29.1 Å². The van der Waals surface area contributed by atoms with Crippen molar-refractivity contribution >= 4 is 65.5 Å². The molecule has 360 valence electrons. The van der Waals surface area contributed by atoms with E-state index < -0.39 is 54.6 Å². The molecule has 4 aromatic carbocycles. The van der Waals surface area contributed by atoms with E-state index >= 15 is 0 Å². The number of pyridine rings is 2. The zero-order chi connectivity index (χ0) is 49.0. The fraction of sp³-hybridized carbons (Fsp3) is 0.208. The fourth-order valence-electron chi connectivity index (χ4n) is 6.11. The summed E-state index contributed by atoms with van der Waals surface area (Å²) in [6, 6.07) is 30.4. The maximum Gasteiger partial charge on any atom is 0.261 e. The van der Waals surface area contributed by atoms with Crippen molar-refractivity contribution < 1.29 is 44.8 Å². The van der Waals surface area contributed by atoms with E-state index in [9.17, 15) is 44.8 Å². The van der Waals surface area contributed by atoms with Crippen LogP contribution in [0.4, 0.5) is 8.78 Å². The highest BCUT2D eigenvalue weighted by Crippen LogP contribution is 2.17. The van der Waals surface area contributed by atoms with Gasteiger partial charge < -0.3 is 16.4 Å². The van der Waals surface area contributed by atoms with Gasteiger partial charge in [-0.15, -0.1) is 12.4 Å². The highest BCUT2D eigenvalue weighted by atomic mass is 35.7. The number of amides is 2. The summed E-state index contributed by atoms with van der Waals surface area (Å²) in [7, 11) is -2.14. The summed E-state index contributed by atoms with van der Waals surface area (Å²) in [4.78, 5) is 59.8. The second-order valence-corrected chi connectivity index (χ2v) is 18.9. The van der Waals surface area contributed by atoms with Crippen LogP contribution in [0.2, 0.25) is 0 Å². The van der Waals surface area contributed by atoms with Crippen molar-refractivity contribution in [2.45, 2.75) is 61.4 Å². The third-order valence-electron chi connectivity index (χ3n) is 9.41. The number of carbonyl (C=O) groups excluding carboxylic acids is 4. The summed E-state index contributed by atoms with van der Waals surface area (Å²) >= 11 is 0. The summed E-state index contributed by atoms with van der Waals surface area (Å²) in [6.07, 6.45) is 3.49. The Morgan fingerprint density at radius 3 is 1.28 bits per heavy atom. The van der Waals surface area contributed by atoms with Gasteiger partial charge in [0.1, 0.15) is 11.6 Å². The van der Waals surface area contributed by atoms with Crippen LogP contribution in [0.15, 0.2) is 156 Å². The van der Waals surface area contributed by atoms with Gasteiger partial charge in [-0.05, 0) is 115 Å². The molecule has 2 atom stereocenters. The summed E-state index contributed by atoms with van der Waals surface area (Å²) in [5.41, 5.74) is 7.71. The Bertz CT molecular complexity index is 2780. The van der Waals surface area contributed by atoms with Crippen LogP contribution >= 0.6 is 23.1 Å². The normalized spacial score (nSPS) is 11.7. The molecule has 0 aliphatic carbocycles. The first-order valence-corrected chi connectivity index (χ1v) is 24.5. The molecule has 2 amide bonds. The number of nitrogens with zero attached hydrogens (tertiary/aromatic N) is 2. The largest absolute Gasteiger partial charge is 0.342 e. The first-order chi connectivity index (χ1) is 31.9. The molecule has 0 aliphatic heterocycles. The summed E-state index contributed by atoms with van der Waals surface area (Å²) in [6.45, 7) is 4.61. The number of aromatic nitrogens is 2. The van der Waals surface area contributed by atoms with Gasteiger partial charge in [0.05, 0.1) is 21.9 Å². The number of sulfonamides is 1. The first-order valence-electron chi connectivity index (χ1n) is 20.7. The standard InChI is InChI=1S/C24H24FN3O4S.C22H18ClFN2O4S.C2H7N.ClH/c1-2-27-33(31,32)21-12-6-17(7-13-21)15-23(29)22(16-20-5-3-4-14-26-20)28-24(30)18-8-10-19(25)11-9-18;23-31(29,30)19-10-4-15(5-11-19)13-21(27)20(14-18-3-1-2-12-25-18)26-22(28)16-6-8-17(24)9-7-16;1-2-3;/h3-14,22,27H,2,15-16H2,1H3,(H,28,30);1-12,20H,13-14H2,(H,26,28);2-3H2,1H3;1H/t22-;20-;;/m00../s1. The molecule has 0 saturated carbocycles. The second-order valence-electron chi connectivity index (χ2n) is 14.5. The van der Waals surface area contributed by atoms with Crippen LogP contribution in [0.25, 0.3) is 0 Å². The molecule has 0 spiro atoms. The van der Waals surface area contributed by atoms with E-state index in [0.717, 1.165) is 18.7 Å². The monoisotopic (exact) mass is 1010 g/mol. The lowest BCUT2D eigenvalue weighted by atomic mass is 9.99. The molecule has 2 heterocycles. The lowest BCUT2D eigenvalue weighted by Crippen LogP contribution is -2.43. The molecule has 6 aromatic rings. The summed E-state index contributed by atoms with van der Waals surface area (Å²) in [5, 5.41) is 5.41. The van der Waals surface area contributed by atoms with Gasteiger partial charge in [0, 0.05) is 77.8 Å². The number of hydrogen-bond donors (Lipinski definition) is 4. The average molecular weight is 1010 g/mol. The number of ketones is 2. The maximum atomic E-state index is 13.2. The fourth-order valence-corrected chi connectivity index (χ4v) is 7.92. The van der Waals surface area contributed by atoms with Crippen molar-refractivity contribution in [1.82, 2.24) is 25.3 Å². The molecule has 0 aliphatic rings. The SMILES string of the molecule is CCN.CCNS(=O)(=O)c1ccc(CC(=O)[C@H](Cc2ccccn2)NC(=O)c2ccc(F)cc2)cc1.Cl.O=C(N[C@@H](Cc1ccccn1)C(=O)Cc1ccc(S(=O)(=O)Cl)cc1)c1ccc(F)cc1. The predicted molar refractivity (Wildman–Crippen MR) is 257 cm³/mol. The zero-order valence-electron chi connectivity index (χ0n) is 36.9. The highest BCUT2D eigenvalue weighted by molar-refractivity contribution is 8.13. The average Bonchev–Trinajstić information content (AvgIpc) is 3.30. The molecule has 5 N–H and O–H groups in total. The van der Waals surface area contributed by atoms with Gasteiger partial charge >= 0.3 is 0 Å². The van der Waals surface area contributed by atoms with Gasteiger partial charge in [-0.25, -0.2) is 30.3 Å². The lowest BCUT2D eigenvalue weighted by molar-refractivity contribution is -0.121. The molecule has 2 aromatic heterocycles. The Hall–Kier alpha value is -6.28. The van der Waals surface area contributed by atoms with E-state index in [0.29, 0.717) is 22.5 Å². The third kappa shape index (κ3) is 18.4. The Kier molecular flexibility index (Phi) is 22.7.